The first-order valence-electron chi connectivity index (χ1n) is 7.99. The van der Waals surface area contributed by atoms with Gasteiger partial charge in [-0.2, -0.15) is 0 Å². The molecule has 1 aromatic rings. The van der Waals surface area contributed by atoms with Crippen LogP contribution in [0, 0.1) is 0 Å². The quantitative estimate of drug-likeness (QED) is 0.820. The number of unbranched alkanes of at least 4 members (excludes halogenated alkanes) is 1. The lowest BCUT2D eigenvalue weighted by atomic mass is 10.1. The van der Waals surface area contributed by atoms with Gasteiger partial charge in [-0.05, 0) is 31.5 Å². The molecule has 0 bridgehead atoms. The van der Waals surface area contributed by atoms with Crippen LogP contribution < -0.4 is 14.8 Å². The minimum atomic E-state index is 0.0479. The maximum atomic E-state index is 12.6. The van der Waals surface area contributed by atoms with Gasteiger partial charge in [0.05, 0.1) is 13.7 Å². The average Bonchev–Trinajstić information content (AvgIpc) is 2.54. The summed E-state index contributed by atoms with van der Waals surface area (Å²) in [5.74, 6) is 1.36. The minimum Gasteiger partial charge on any atom is -0.493 e. The highest BCUT2D eigenvalue weighted by Crippen LogP contribution is 2.29. The number of hydrogen-bond acceptors (Lipinski definition) is 4. The predicted octanol–water partition coefficient (Wildman–Crippen LogP) is 2.31. The van der Waals surface area contributed by atoms with Crippen molar-refractivity contribution in [2.45, 2.75) is 32.7 Å². The van der Waals surface area contributed by atoms with Crippen molar-refractivity contribution in [2.24, 2.45) is 0 Å². The van der Waals surface area contributed by atoms with E-state index < -0.39 is 0 Å². The first-order valence-corrected chi connectivity index (χ1v) is 7.99. The van der Waals surface area contributed by atoms with Gasteiger partial charge in [0.2, 0.25) is 0 Å². The summed E-state index contributed by atoms with van der Waals surface area (Å²) in [5, 5.41) is 3.34. The molecule has 1 saturated heterocycles. The molecule has 1 fully saturated rings. The van der Waals surface area contributed by atoms with Gasteiger partial charge in [-0.3, -0.25) is 4.79 Å². The fraction of sp³-hybridized carbons (Fsp3) is 0.588. The van der Waals surface area contributed by atoms with Crippen LogP contribution in [0.25, 0.3) is 0 Å². The van der Waals surface area contributed by atoms with Crippen LogP contribution in [0.5, 0.6) is 11.5 Å². The number of hydrogen-bond donors (Lipinski definition) is 1. The number of nitrogens with one attached hydrogen (secondary N) is 1. The zero-order chi connectivity index (χ0) is 15.9. The lowest BCUT2D eigenvalue weighted by Gasteiger charge is -2.32. The highest BCUT2D eigenvalue weighted by Gasteiger charge is 2.22. The van der Waals surface area contributed by atoms with Crippen LogP contribution >= 0.6 is 0 Å². The van der Waals surface area contributed by atoms with Crippen molar-refractivity contribution >= 4 is 5.91 Å². The summed E-state index contributed by atoms with van der Waals surface area (Å²) in [6.45, 7) is 7.18. The molecule has 1 amide bonds. The molecule has 0 spiro atoms. The van der Waals surface area contributed by atoms with Gasteiger partial charge in [0.15, 0.2) is 11.5 Å². The minimum absolute atomic E-state index is 0.0479. The molecule has 0 aromatic heterocycles. The summed E-state index contributed by atoms with van der Waals surface area (Å²) in [6.07, 6.45) is 2.09. The third-order valence-corrected chi connectivity index (χ3v) is 3.82. The molecule has 0 aliphatic carbocycles. The van der Waals surface area contributed by atoms with Crippen molar-refractivity contribution in [3.63, 3.8) is 0 Å². The number of piperazine rings is 1. The number of carbonyl (C=O) groups excluding carboxylic acids is 1. The van der Waals surface area contributed by atoms with Crippen molar-refractivity contribution < 1.29 is 14.3 Å². The number of amides is 1. The van der Waals surface area contributed by atoms with E-state index in [1.165, 1.54) is 0 Å². The van der Waals surface area contributed by atoms with Crippen LogP contribution in [-0.4, -0.2) is 50.2 Å². The summed E-state index contributed by atoms with van der Waals surface area (Å²) in [5.41, 5.74) is 0.647. The summed E-state index contributed by atoms with van der Waals surface area (Å²) >= 11 is 0. The molecule has 5 heteroatoms. The van der Waals surface area contributed by atoms with Gasteiger partial charge >= 0.3 is 0 Å². The van der Waals surface area contributed by atoms with Gasteiger partial charge in [0, 0.05) is 31.2 Å². The molecule has 122 valence electrons. The number of benzene rings is 1. The van der Waals surface area contributed by atoms with Gasteiger partial charge in [-0.25, -0.2) is 0 Å². The van der Waals surface area contributed by atoms with Crippen LogP contribution in [0.4, 0.5) is 0 Å². The molecule has 5 nitrogen and oxygen atoms in total. The maximum Gasteiger partial charge on any atom is 0.254 e. The van der Waals surface area contributed by atoms with E-state index in [2.05, 4.69) is 19.2 Å². The lowest BCUT2D eigenvalue weighted by molar-refractivity contribution is 0.0708. The van der Waals surface area contributed by atoms with Crippen LogP contribution in [0.3, 0.4) is 0 Å². The predicted molar refractivity (Wildman–Crippen MR) is 86.8 cm³/mol. The third kappa shape index (κ3) is 4.13. The number of carbonyl (C=O) groups is 1. The Labute approximate surface area is 132 Å². The van der Waals surface area contributed by atoms with Crippen molar-refractivity contribution in [3.8, 4) is 11.5 Å². The number of nitrogens with zero attached hydrogens (tertiary/aromatic N) is 1. The second-order valence-electron chi connectivity index (χ2n) is 5.67. The monoisotopic (exact) mass is 306 g/mol. The molecule has 1 N–H and O–H groups in total. The maximum absolute atomic E-state index is 12.6. The Morgan fingerprint density at radius 2 is 2.23 bits per heavy atom. The van der Waals surface area contributed by atoms with E-state index in [0.29, 0.717) is 29.7 Å². The van der Waals surface area contributed by atoms with E-state index in [0.717, 1.165) is 32.5 Å². The van der Waals surface area contributed by atoms with Crippen molar-refractivity contribution in [2.75, 3.05) is 33.4 Å². The first-order chi connectivity index (χ1) is 10.7. The standard InChI is InChI=1S/C17H26N2O3/c1-4-5-10-22-15-7-6-14(11-16(15)21-3)17(20)19-9-8-18-13(2)12-19/h6-7,11,13,18H,4-5,8-10,12H2,1-3H3. The molecule has 2 rings (SSSR count). The normalized spacial score (nSPS) is 18.1. The summed E-state index contributed by atoms with van der Waals surface area (Å²) in [4.78, 5) is 14.5. The summed E-state index contributed by atoms with van der Waals surface area (Å²) < 4.78 is 11.1. The first kappa shape index (κ1) is 16.6. The summed E-state index contributed by atoms with van der Waals surface area (Å²) in [7, 11) is 1.60. The van der Waals surface area contributed by atoms with E-state index in [1.54, 1.807) is 13.2 Å². The van der Waals surface area contributed by atoms with Crippen molar-refractivity contribution in [1.82, 2.24) is 10.2 Å². The molecule has 22 heavy (non-hydrogen) atoms. The Bertz CT molecular complexity index is 505. The average molecular weight is 306 g/mol. The molecular formula is C17H26N2O3. The van der Waals surface area contributed by atoms with Crippen LogP contribution in [-0.2, 0) is 0 Å². The molecular weight excluding hydrogens is 280 g/mol. The topological polar surface area (TPSA) is 50.8 Å². The smallest absolute Gasteiger partial charge is 0.254 e. The zero-order valence-corrected chi connectivity index (χ0v) is 13.7. The van der Waals surface area contributed by atoms with Crippen LogP contribution in [0.15, 0.2) is 18.2 Å². The van der Waals surface area contributed by atoms with Crippen molar-refractivity contribution in [3.05, 3.63) is 23.8 Å². The Morgan fingerprint density at radius 1 is 1.41 bits per heavy atom. The number of rotatable bonds is 6. The van der Waals surface area contributed by atoms with Crippen molar-refractivity contribution in [1.29, 1.82) is 0 Å². The Balaban J connectivity index is 2.09. The highest BCUT2D eigenvalue weighted by atomic mass is 16.5. The molecule has 1 unspecified atom stereocenters. The zero-order valence-electron chi connectivity index (χ0n) is 13.7. The van der Waals surface area contributed by atoms with E-state index in [9.17, 15) is 4.79 Å². The molecule has 1 aliphatic heterocycles. The van der Waals surface area contributed by atoms with E-state index in [-0.39, 0.29) is 5.91 Å². The largest absolute Gasteiger partial charge is 0.493 e. The van der Waals surface area contributed by atoms with E-state index in [1.807, 2.05) is 17.0 Å². The van der Waals surface area contributed by atoms with Gasteiger partial charge in [-0.15, -0.1) is 0 Å². The molecule has 1 atom stereocenters. The fourth-order valence-electron chi connectivity index (χ4n) is 2.55. The third-order valence-electron chi connectivity index (χ3n) is 3.82. The van der Waals surface area contributed by atoms with Gasteiger partial charge in [0.1, 0.15) is 0 Å². The van der Waals surface area contributed by atoms with Gasteiger partial charge in [0.25, 0.3) is 5.91 Å². The van der Waals surface area contributed by atoms with Crippen LogP contribution in [0.1, 0.15) is 37.0 Å². The fourth-order valence-corrected chi connectivity index (χ4v) is 2.55. The molecule has 1 aromatic carbocycles. The van der Waals surface area contributed by atoms with E-state index >= 15 is 0 Å². The second-order valence-corrected chi connectivity index (χ2v) is 5.67. The van der Waals surface area contributed by atoms with Gasteiger partial charge < -0.3 is 19.7 Å². The Hall–Kier alpha value is -1.75. The van der Waals surface area contributed by atoms with Crippen LogP contribution in [0.2, 0.25) is 0 Å². The molecule has 0 saturated carbocycles. The Morgan fingerprint density at radius 3 is 2.91 bits per heavy atom. The molecule has 1 aliphatic rings. The SMILES string of the molecule is CCCCOc1ccc(C(=O)N2CCNC(C)C2)cc1OC. The number of ether oxygens (including phenoxy) is 2. The highest BCUT2D eigenvalue weighted by molar-refractivity contribution is 5.95. The lowest BCUT2D eigenvalue weighted by Crippen LogP contribution is -2.51. The molecule has 1 heterocycles. The Kier molecular flexibility index (Phi) is 6.07. The number of methoxy groups -OCH3 is 1. The van der Waals surface area contributed by atoms with Gasteiger partial charge in [-0.1, -0.05) is 13.3 Å². The summed E-state index contributed by atoms with van der Waals surface area (Å²) in [6, 6.07) is 5.75. The second kappa shape index (κ2) is 8.03. The molecule has 0 radical (unpaired) electrons. The van der Waals surface area contributed by atoms with E-state index in [4.69, 9.17) is 9.47 Å².